The third-order valence-electron chi connectivity index (χ3n) is 20.7. The number of nitrogens with zero attached hydrogens (tertiary/aromatic N) is 10. The number of pyridine rings is 4. The first-order valence-electron chi connectivity index (χ1n) is 37.5. The molecule has 21 aromatic rings. The van der Waals surface area contributed by atoms with Gasteiger partial charge in [0.1, 0.15) is 28.6 Å². The number of aromatic nitrogens is 7. The van der Waals surface area contributed by atoms with E-state index in [0.29, 0.717) is 46.3 Å². The second-order valence-corrected chi connectivity index (χ2v) is 29.4. The Morgan fingerprint density at radius 3 is 1.88 bits per heavy atom. The molecule has 0 fully saturated rings. The van der Waals surface area contributed by atoms with Gasteiger partial charge in [0.2, 0.25) is 0 Å². The first-order chi connectivity index (χ1) is 56.9. The van der Waals surface area contributed by atoms with E-state index in [1.54, 1.807) is 28.9 Å². The quantitative estimate of drug-likeness (QED) is 0.0847. The third kappa shape index (κ3) is 14.2. The van der Waals surface area contributed by atoms with Crippen LogP contribution in [0.2, 0.25) is 0 Å². The van der Waals surface area contributed by atoms with E-state index in [-0.39, 0.29) is 61.3 Å². The molecule has 0 saturated carbocycles. The number of para-hydroxylation sites is 7. The Hall–Kier alpha value is -12.9. The van der Waals surface area contributed by atoms with Crippen molar-refractivity contribution in [2.24, 2.45) is 7.05 Å². The molecule has 0 N–H and O–H groups in total. The van der Waals surface area contributed by atoms with Crippen LogP contribution >= 0.6 is 22.7 Å². The molecule has 19 heteroatoms. The molecule has 572 valence electrons. The Morgan fingerprint density at radius 2 is 1.09 bits per heavy atom. The van der Waals surface area contributed by atoms with Gasteiger partial charge < -0.3 is 22.6 Å². The Morgan fingerprint density at radius 1 is 0.441 bits per heavy atom. The fraction of sp³-hybridized carbons (Fsp3) is 0.0303. The van der Waals surface area contributed by atoms with Crippen molar-refractivity contribution in [1.29, 1.82) is 0 Å². The molecular formula is C99H60N10O4Pd3S2. The van der Waals surface area contributed by atoms with Crippen LogP contribution in [-0.4, -0.2) is 34.5 Å². The van der Waals surface area contributed by atoms with Crippen LogP contribution in [0.1, 0.15) is 11.1 Å². The van der Waals surface area contributed by atoms with Crippen LogP contribution in [0.15, 0.2) is 334 Å². The smallest absolute Gasteiger partial charge is 0.451 e. The fourth-order valence-electron chi connectivity index (χ4n) is 15.3. The molecule has 118 heavy (non-hydrogen) atoms. The molecule has 0 saturated heterocycles. The first kappa shape index (κ1) is 76.4. The van der Waals surface area contributed by atoms with E-state index in [9.17, 15) is 0 Å². The molecule has 0 bridgehead atoms. The maximum atomic E-state index is 6.46. The van der Waals surface area contributed by atoms with Crippen LogP contribution in [0.4, 0.5) is 52.4 Å². The topological polar surface area (TPSA) is 141 Å². The number of fused-ring (bicyclic) bond motifs is 12. The maximum absolute atomic E-state index is 6.46. The minimum Gasteiger partial charge on any atom is -0.451 e. The summed E-state index contributed by atoms with van der Waals surface area (Å²) < 4.78 is 29.4. The largest absolute Gasteiger partial charge is 2.00 e. The van der Waals surface area contributed by atoms with E-state index >= 15 is 0 Å². The van der Waals surface area contributed by atoms with Crippen molar-refractivity contribution in [3.05, 3.63) is 368 Å². The van der Waals surface area contributed by atoms with Crippen molar-refractivity contribution in [3.63, 3.8) is 0 Å². The summed E-state index contributed by atoms with van der Waals surface area (Å²) in [6.07, 6.45) is 3.63. The van der Waals surface area contributed by atoms with Crippen molar-refractivity contribution in [1.82, 2.24) is 34.5 Å². The second-order valence-electron chi connectivity index (χ2n) is 27.6. The Labute approximate surface area is 728 Å². The van der Waals surface area contributed by atoms with Gasteiger partial charge in [-0.05, 0) is 125 Å². The fourth-order valence-corrected chi connectivity index (χ4v) is 16.9. The number of thiophene rings is 2. The summed E-state index contributed by atoms with van der Waals surface area (Å²) in [4.78, 5) is 36.5. The van der Waals surface area contributed by atoms with Crippen LogP contribution in [-0.2, 0) is 81.2 Å². The summed E-state index contributed by atoms with van der Waals surface area (Å²) in [6, 6.07) is 122. The average Bonchev–Trinajstić information content (AvgIpc) is 1.06. The number of hydrogen-bond donors (Lipinski definition) is 0. The van der Waals surface area contributed by atoms with Crippen LogP contribution in [0.3, 0.4) is 0 Å². The predicted molar refractivity (Wildman–Crippen MR) is 460 cm³/mol. The minimum absolute atomic E-state index is 0. The Kier molecular flexibility index (Phi) is 21.4. The molecule has 0 radical (unpaired) electrons. The van der Waals surface area contributed by atoms with Gasteiger partial charge in [-0.3, -0.25) is 9.88 Å². The SMILES string of the molecule is Cn1c(-c2cccc3oc(N(c4ccccc4)c4cccc(-c5csc6ccc[c-]c56)n4)nc23)[c-]c2ccccc21.[Pd+2].[Pd+2].[Pd+2].[c-]1ccccc1-c1cccc(N2c3ccccc3Oc3cc4cccc(-c5[c-]cccc5)c4nc32)n1.[c-]1ccccc1-c1coc2oc(N(c3ccccc3)c3ccc4c(n3)-c3c(ccc5sc[c-]c35)CC4)nc12. The summed E-state index contributed by atoms with van der Waals surface area (Å²) in [5.74, 6) is 4.72. The van der Waals surface area contributed by atoms with Gasteiger partial charge in [0.05, 0.1) is 28.8 Å². The van der Waals surface area contributed by atoms with Crippen LogP contribution in [0.25, 0.3) is 132 Å². The molecular weight excluding hydrogens is 1780 g/mol. The van der Waals surface area contributed by atoms with Crippen molar-refractivity contribution < 1.29 is 79.3 Å². The molecule has 0 spiro atoms. The number of rotatable bonds is 12. The molecule has 1 aliphatic heterocycles. The maximum Gasteiger partial charge on any atom is 2.00 e. The summed E-state index contributed by atoms with van der Waals surface area (Å²) in [6.45, 7) is 0. The third-order valence-corrected chi connectivity index (χ3v) is 22.5. The monoisotopic (exact) mass is 1830 g/mol. The van der Waals surface area contributed by atoms with E-state index in [4.69, 9.17) is 47.9 Å². The molecule has 0 amide bonds. The zero-order valence-electron chi connectivity index (χ0n) is 62.4. The van der Waals surface area contributed by atoms with E-state index in [1.165, 1.54) is 26.1 Å². The number of hydrogen-bond acceptors (Lipinski definition) is 15. The average molecular weight is 1840 g/mol. The molecule has 1 aliphatic carbocycles. The molecule has 23 rings (SSSR count). The Bertz CT molecular complexity index is 7220. The van der Waals surface area contributed by atoms with E-state index in [0.717, 1.165) is 147 Å². The van der Waals surface area contributed by atoms with Gasteiger partial charge in [-0.1, -0.05) is 164 Å². The molecule has 11 aromatic carbocycles. The zero-order valence-corrected chi connectivity index (χ0v) is 68.7. The van der Waals surface area contributed by atoms with Gasteiger partial charge in [-0.2, -0.15) is 16.4 Å². The number of oxazole rings is 2. The van der Waals surface area contributed by atoms with Gasteiger partial charge in [0.25, 0.3) is 0 Å². The van der Waals surface area contributed by atoms with Crippen molar-refractivity contribution in [2.45, 2.75) is 12.8 Å². The number of benzene rings is 11. The zero-order chi connectivity index (χ0) is 76.3. The van der Waals surface area contributed by atoms with E-state index in [2.05, 4.69) is 125 Å². The van der Waals surface area contributed by atoms with Crippen molar-refractivity contribution in [3.8, 4) is 78.8 Å². The minimum atomic E-state index is 0. The van der Waals surface area contributed by atoms with E-state index < -0.39 is 0 Å². The predicted octanol–water partition coefficient (Wildman–Crippen LogP) is 26.0. The molecule has 2 aliphatic rings. The number of anilines is 9. The summed E-state index contributed by atoms with van der Waals surface area (Å²) in [5.41, 5.74) is 21.0. The van der Waals surface area contributed by atoms with Crippen LogP contribution in [0.5, 0.6) is 11.5 Å². The van der Waals surface area contributed by atoms with Gasteiger partial charge >= 0.3 is 79.1 Å². The molecule has 14 nitrogen and oxygen atoms in total. The molecule has 0 atom stereocenters. The number of aryl methyl sites for hydroxylation is 3. The van der Waals surface area contributed by atoms with Gasteiger partial charge in [0.15, 0.2) is 17.3 Å². The van der Waals surface area contributed by atoms with Gasteiger partial charge in [-0.15, -0.1) is 167 Å². The second kappa shape index (κ2) is 33.0. The molecule has 10 aromatic heterocycles. The first-order valence-corrected chi connectivity index (χ1v) is 39.3. The normalized spacial score (nSPS) is 11.7. The van der Waals surface area contributed by atoms with Gasteiger partial charge in [0, 0.05) is 24.0 Å². The van der Waals surface area contributed by atoms with Crippen molar-refractivity contribution >= 4 is 139 Å². The Balaban J connectivity index is 0.000000121. The number of furan rings is 1. The summed E-state index contributed by atoms with van der Waals surface area (Å²) in [5, 5.41) is 8.46. The summed E-state index contributed by atoms with van der Waals surface area (Å²) >= 11 is 3.41. The summed E-state index contributed by atoms with van der Waals surface area (Å²) in [7, 11) is 2.06. The van der Waals surface area contributed by atoms with Gasteiger partial charge in [-0.25, -0.2) is 52.4 Å². The number of ether oxygens (including phenoxy) is 1. The van der Waals surface area contributed by atoms with E-state index in [1.807, 2.05) is 252 Å². The standard InChI is InChI=1S/C35H22N4OS.C32H19N3O2S.C32H19N3O.3Pd/c1-38-29-17-7-5-11-23(29)21-30(38)26-15-9-18-31-34(26)37-35(40-31)39(24-12-3-2-4-13-24)33-20-10-16-28(36-33)27-22-41-32-19-8-6-14-25(27)32;1-3-7-20(8-4-1)25-19-36-31-30(25)34-32(37-31)35(23-9-5-2-6-10-23)27-16-14-22-12-11-21-13-15-26-24(17-18-38-26)28(21)29(22)33-27;1-3-11-22(12-4-1)25-16-9-15-24-21-29-32(34-31(24)25)35(27-18-7-8-19-28(27)36-29)30-20-10-17-26(33-30)23-13-5-2-6-14-23;;;/h2-13,15-20,22H,1H3;1-7,9-10,13-16,18-19H,11-12H2;1-11,13,15-21H;;;/q3*-2;3*+2. The van der Waals surface area contributed by atoms with Crippen molar-refractivity contribution in [2.75, 3.05) is 14.7 Å². The van der Waals surface area contributed by atoms with Crippen LogP contribution < -0.4 is 19.4 Å². The van der Waals surface area contributed by atoms with Crippen LogP contribution in [0, 0.1) is 36.4 Å². The molecule has 0 unspecified atom stereocenters. The molecule has 11 heterocycles.